The van der Waals surface area contributed by atoms with Crippen molar-refractivity contribution in [2.24, 2.45) is 4.99 Å². The minimum Gasteiger partial charge on any atom is -0.434 e. The largest absolute Gasteiger partial charge is 0.434 e. The van der Waals surface area contributed by atoms with E-state index in [9.17, 15) is 8.78 Å². The summed E-state index contributed by atoms with van der Waals surface area (Å²) in [7, 11) is 1.64. The van der Waals surface area contributed by atoms with Gasteiger partial charge >= 0.3 is 6.61 Å². The fourth-order valence-corrected chi connectivity index (χ4v) is 2.62. The molecular weight excluding hydrogens is 493 g/mol. The van der Waals surface area contributed by atoms with E-state index >= 15 is 0 Å². The topological polar surface area (TPSA) is 87.2 Å². The van der Waals surface area contributed by atoms with E-state index in [2.05, 4.69) is 35.5 Å². The zero-order valence-electron chi connectivity index (χ0n) is 15.6. The number of rotatable bonds is 7. The van der Waals surface area contributed by atoms with Crippen LogP contribution >= 0.6 is 24.0 Å². The molecule has 0 spiro atoms. The Morgan fingerprint density at radius 2 is 1.93 bits per heavy atom. The second-order valence-electron chi connectivity index (χ2n) is 5.80. The van der Waals surface area contributed by atoms with Gasteiger partial charge in [0.1, 0.15) is 12.1 Å². The maximum Gasteiger partial charge on any atom is 0.387 e. The van der Waals surface area contributed by atoms with Crippen molar-refractivity contribution in [2.45, 2.75) is 19.7 Å². The lowest BCUT2D eigenvalue weighted by Crippen LogP contribution is -2.36. The molecule has 0 saturated heterocycles. The van der Waals surface area contributed by atoms with Crippen LogP contribution in [0.15, 0.2) is 59.9 Å². The van der Waals surface area contributed by atoms with Crippen LogP contribution in [0.5, 0.6) is 5.75 Å². The van der Waals surface area contributed by atoms with E-state index in [1.807, 2.05) is 24.3 Å². The van der Waals surface area contributed by atoms with Crippen molar-refractivity contribution < 1.29 is 13.5 Å². The number of nitrogens with one attached hydrogen (secondary N) is 3. The highest BCUT2D eigenvalue weighted by molar-refractivity contribution is 14.0. The highest BCUT2D eigenvalue weighted by Gasteiger charge is 2.09. The number of para-hydroxylation sites is 1. The van der Waals surface area contributed by atoms with Gasteiger partial charge in [0.2, 0.25) is 0 Å². The van der Waals surface area contributed by atoms with Gasteiger partial charge in [0.05, 0.1) is 0 Å². The first-order valence-corrected chi connectivity index (χ1v) is 8.57. The third kappa shape index (κ3) is 6.66. The normalized spacial score (nSPS) is 11.1. The predicted molar refractivity (Wildman–Crippen MR) is 117 cm³/mol. The number of aromatic amines is 1. The summed E-state index contributed by atoms with van der Waals surface area (Å²) in [5.74, 6) is 1.37. The minimum atomic E-state index is -2.87. The number of guanidine groups is 1. The summed E-state index contributed by atoms with van der Waals surface area (Å²) < 4.78 is 29.6. The van der Waals surface area contributed by atoms with Crippen molar-refractivity contribution >= 4 is 29.9 Å². The number of ether oxygens (including phenoxy) is 1. The van der Waals surface area contributed by atoms with E-state index < -0.39 is 6.61 Å². The van der Waals surface area contributed by atoms with Crippen LogP contribution in [0.25, 0.3) is 11.4 Å². The summed E-state index contributed by atoms with van der Waals surface area (Å²) in [4.78, 5) is 8.30. The molecule has 0 amide bonds. The second kappa shape index (κ2) is 11.3. The molecule has 3 N–H and O–H groups in total. The molecule has 0 unspecified atom stereocenters. The zero-order valence-corrected chi connectivity index (χ0v) is 17.9. The molecule has 154 valence electrons. The molecular formula is C19H21F2IN6O. The fraction of sp³-hybridized carbons (Fsp3) is 0.211. The molecule has 0 fully saturated rings. The summed E-state index contributed by atoms with van der Waals surface area (Å²) in [5.41, 5.74) is 2.56. The molecule has 0 radical (unpaired) electrons. The summed E-state index contributed by atoms with van der Waals surface area (Å²) in [6, 6.07) is 14.5. The Kier molecular flexibility index (Phi) is 8.77. The minimum absolute atomic E-state index is 0. The number of H-pyrrole nitrogens is 1. The SMILES string of the molecule is CN=C(NCc1cccc(-c2ncn[nH]2)c1)NCc1ccccc1OC(F)F.I. The Morgan fingerprint density at radius 1 is 1.14 bits per heavy atom. The lowest BCUT2D eigenvalue weighted by molar-refractivity contribution is -0.0504. The van der Waals surface area contributed by atoms with Crippen LogP contribution in [0, 0.1) is 0 Å². The van der Waals surface area contributed by atoms with Crippen LogP contribution in [-0.2, 0) is 13.1 Å². The summed E-state index contributed by atoms with van der Waals surface area (Å²) in [6.45, 7) is -2.05. The van der Waals surface area contributed by atoms with E-state index in [0.29, 0.717) is 30.4 Å². The van der Waals surface area contributed by atoms with Gasteiger partial charge < -0.3 is 15.4 Å². The lowest BCUT2D eigenvalue weighted by atomic mass is 10.1. The Balaban J connectivity index is 0.00000300. The van der Waals surface area contributed by atoms with E-state index in [4.69, 9.17) is 0 Å². The number of nitrogens with zero attached hydrogens (tertiary/aromatic N) is 3. The smallest absolute Gasteiger partial charge is 0.387 e. The van der Waals surface area contributed by atoms with Crippen molar-refractivity contribution in [3.05, 3.63) is 66.0 Å². The molecule has 0 saturated carbocycles. The highest BCUT2D eigenvalue weighted by atomic mass is 127. The molecule has 0 aliphatic heterocycles. The van der Waals surface area contributed by atoms with Crippen molar-refractivity contribution in [3.8, 4) is 17.1 Å². The third-order valence-corrected chi connectivity index (χ3v) is 3.93. The standard InChI is InChI=1S/C19H20F2N6O.HI/c1-22-19(24-11-15-6-2-3-8-16(15)28-18(20)21)23-10-13-5-4-7-14(9-13)17-25-12-26-27-17;/h2-9,12,18H,10-11H2,1H3,(H2,22,23,24)(H,25,26,27);1H. The van der Waals surface area contributed by atoms with Gasteiger partial charge in [0.15, 0.2) is 11.8 Å². The van der Waals surface area contributed by atoms with Crippen molar-refractivity contribution in [1.29, 1.82) is 0 Å². The average molecular weight is 514 g/mol. The van der Waals surface area contributed by atoms with Crippen LogP contribution in [0.4, 0.5) is 8.78 Å². The Hall–Kier alpha value is -2.76. The van der Waals surface area contributed by atoms with Crippen LogP contribution in [0.2, 0.25) is 0 Å². The predicted octanol–water partition coefficient (Wildman–Crippen LogP) is 3.56. The quantitative estimate of drug-likeness (QED) is 0.255. The number of halogens is 3. The molecule has 29 heavy (non-hydrogen) atoms. The first-order chi connectivity index (χ1) is 13.7. The lowest BCUT2D eigenvalue weighted by Gasteiger charge is -2.14. The van der Waals surface area contributed by atoms with E-state index in [1.165, 1.54) is 12.4 Å². The summed E-state index contributed by atoms with van der Waals surface area (Å²) in [6.07, 6.45) is 1.46. The molecule has 1 aromatic heterocycles. The van der Waals surface area contributed by atoms with E-state index in [1.54, 1.807) is 25.2 Å². The van der Waals surface area contributed by atoms with Crippen molar-refractivity contribution in [3.63, 3.8) is 0 Å². The Morgan fingerprint density at radius 3 is 2.66 bits per heavy atom. The van der Waals surface area contributed by atoms with Gasteiger partial charge in [0.25, 0.3) is 0 Å². The van der Waals surface area contributed by atoms with E-state index in [-0.39, 0.29) is 29.7 Å². The molecule has 7 nitrogen and oxygen atoms in total. The number of alkyl halides is 2. The van der Waals surface area contributed by atoms with Crippen LogP contribution in [0.3, 0.4) is 0 Å². The Labute approximate surface area is 184 Å². The van der Waals surface area contributed by atoms with Gasteiger partial charge in [-0.2, -0.15) is 13.9 Å². The third-order valence-electron chi connectivity index (χ3n) is 3.93. The summed E-state index contributed by atoms with van der Waals surface area (Å²) >= 11 is 0. The molecule has 3 aromatic rings. The van der Waals surface area contributed by atoms with Crippen LogP contribution in [-0.4, -0.2) is 34.8 Å². The van der Waals surface area contributed by atoms with Crippen LogP contribution in [0.1, 0.15) is 11.1 Å². The highest BCUT2D eigenvalue weighted by Crippen LogP contribution is 2.20. The fourth-order valence-electron chi connectivity index (χ4n) is 2.62. The molecule has 0 aliphatic carbocycles. The first kappa shape index (κ1) is 22.5. The zero-order chi connectivity index (χ0) is 19.8. The number of hydrogen-bond acceptors (Lipinski definition) is 4. The van der Waals surface area contributed by atoms with Gasteiger partial charge in [-0.15, -0.1) is 24.0 Å². The maximum atomic E-state index is 12.5. The number of aromatic nitrogens is 3. The van der Waals surface area contributed by atoms with Crippen molar-refractivity contribution in [2.75, 3.05) is 7.05 Å². The first-order valence-electron chi connectivity index (χ1n) is 8.57. The van der Waals surface area contributed by atoms with E-state index in [0.717, 1.165) is 11.1 Å². The van der Waals surface area contributed by atoms with Gasteiger partial charge in [-0.1, -0.05) is 36.4 Å². The van der Waals surface area contributed by atoms with Gasteiger partial charge in [-0.3, -0.25) is 10.1 Å². The molecule has 0 atom stereocenters. The second-order valence-corrected chi connectivity index (χ2v) is 5.80. The maximum absolute atomic E-state index is 12.5. The average Bonchev–Trinajstić information content (AvgIpc) is 3.24. The summed E-state index contributed by atoms with van der Waals surface area (Å²) in [5, 5.41) is 13.0. The number of hydrogen-bond donors (Lipinski definition) is 3. The van der Waals surface area contributed by atoms with Gasteiger partial charge in [-0.05, 0) is 17.7 Å². The molecule has 2 aromatic carbocycles. The van der Waals surface area contributed by atoms with Crippen LogP contribution < -0.4 is 15.4 Å². The van der Waals surface area contributed by atoms with Gasteiger partial charge in [-0.25, -0.2) is 4.98 Å². The molecule has 10 heteroatoms. The molecule has 1 heterocycles. The molecule has 0 aliphatic rings. The number of aliphatic imine (C=N–C) groups is 1. The molecule has 0 bridgehead atoms. The Bertz CT molecular complexity index is 921. The monoisotopic (exact) mass is 514 g/mol. The van der Waals surface area contributed by atoms with Gasteiger partial charge in [0, 0.05) is 31.3 Å². The molecule has 3 rings (SSSR count). The number of benzene rings is 2. The van der Waals surface area contributed by atoms with Crippen molar-refractivity contribution in [1.82, 2.24) is 25.8 Å².